The topological polar surface area (TPSA) is 76.1 Å². The summed E-state index contributed by atoms with van der Waals surface area (Å²) in [6.07, 6.45) is 4.85. The first-order chi connectivity index (χ1) is 9.74. The predicted molar refractivity (Wildman–Crippen MR) is 75.7 cm³/mol. The fourth-order valence-electron chi connectivity index (χ4n) is 1.74. The molecule has 2 rings (SSSR count). The molecule has 2 aromatic rings. The standard InChI is InChI=1S/C14H16N4O2/c1-15-12-9-16-5-4-11(12)14(19)18-8-10-3-6-17-13(7-10)20-2/h3-7,9,15H,8H2,1-2H3,(H,18,19). The molecule has 0 saturated carbocycles. The molecular formula is C14H16N4O2. The van der Waals surface area contributed by atoms with Crippen molar-refractivity contribution in [3.05, 3.63) is 47.9 Å². The van der Waals surface area contributed by atoms with Crippen molar-refractivity contribution in [2.75, 3.05) is 19.5 Å². The zero-order valence-corrected chi connectivity index (χ0v) is 11.4. The van der Waals surface area contributed by atoms with Crippen molar-refractivity contribution in [1.82, 2.24) is 15.3 Å². The van der Waals surface area contributed by atoms with E-state index in [1.165, 1.54) is 0 Å². The lowest BCUT2D eigenvalue weighted by molar-refractivity contribution is 0.0951. The monoisotopic (exact) mass is 272 g/mol. The van der Waals surface area contributed by atoms with Crippen LogP contribution in [0.3, 0.4) is 0 Å². The van der Waals surface area contributed by atoms with Crippen molar-refractivity contribution in [3.8, 4) is 5.88 Å². The maximum Gasteiger partial charge on any atom is 0.253 e. The Morgan fingerprint density at radius 2 is 2.20 bits per heavy atom. The summed E-state index contributed by atoms with van der Waals surface area (Å²) in [6.45, 7) is 0.406. The van der Waals surface area contributed by atoms with E-state index in [-0.39, 0.29) is 5.91 Å². The number of pyridine rings is 2. The average Bonchev–Trinajstić information content (AvgIpc) is 2.52. The Kier molecular flexibility index (Phi) is 4.49. The third-order valence-corrected chi connectivity index (χ3v) is 2.80. The maximum absolute atomic E-state index is 12.1. The van der Waals surface area contributed by atoms with Crippen molar-refractivity contribution in [3.63, 3.8) is 0 Å². The van der Waals surface area contributed by atoms with Crippen LogP contribution in [-0.4, -0.2) is 30.0 Å². The number of hydrogen-bond donors (Lipinski definition) is 2. The number of nitrogens with one attached hydrogen (secondary N) is 2. The summed E-state index contributed by atoms with van der Waals surface area (Å²) < 4.78 is 5.04. The van der Waals surface area contributed by atoms with Crippen LogP contribution in [0.15, 0.2) is 36.8 Å². The molecule has 0 saturated heterocycles. The van der Waals surface area contributed by atoms with E-state index in [4.69, 9.17) is 4.74 Å². The summed E-state index contributed by atoms with van der Waals surface area (Å²) in [5.74, 6) is 0.365. The molecule has 2 N–H and O–H groups in total. The summed E-state index contributed by atoms with van der Waals surface area (Å²) in [5.41, 5.74) is 2.17. The quantitative estimate of drug-likeness (QED) is 0.861. The minimum absolute atomic E-state index is 0.160. The molecule has 2 aromatic heterocycles. The second-order valence-electron chi connectivity index (χ2n) is 4.06. The molecule has 6 heteroatoms. The fourth-order valence-corrected chi connectivity index (χ4v) is 1.74. The minimum atomic E-state index is -0.160. The number of aromatic nitrogens is 2. The third-order valence-electron chi connectivity index (χ3n) is 2.80. The second-order valence-corrected chi connectivity index (χ2v) is 4.06. The van der Waals surface area contributed by atoms with Gasteiger partial charge in [0.05, 0.1) is 24.6 Å². The lowest BCUT2D eigenvalue weighted by atomic mass is 10.2. The van der Waals surface area contributed by atoms with E-state index in [1.807, 2.05) is 6.07 Å². The average molecular weight is 272 g/mol. The molecule has 104 valence electrons. The molecule has 20 heavy (non-hydrogen) atoms. The maximum atomic E-state index is 12.1. The van der Waals surface area contributed by atoms with Gasteiger partial charge in [-0.05, 0) is 17.7 Å². The first kappa shape index (κ1) is 13.8. The molecule has 0 aliphatic rings. The predicted octanol–water partition coefficient (Wildman–Crippen LogP) is 1.46. The number of hydrogen-bond acceptors (Lipinski definition) is 5. The number of rotatable bonds is 5. The van der Waals surface area contributed by atoms with E-state index in [9.17, 15) is 4.79 Å². The first-order valence-electron chi connectivity index (χ1n) is 6.13. The van der Waals surface area contributed by atoms with Crippen LogP contribution in [0.5, 0.6) is 5.88 Å². The van der Waals surface area contributed by atoms with E-state index in [0.29, 0.717) is 23.7 Å². The van der Waals surface area contributed by atoms with Crippen molar-refractivity contribution >= 4 is 11.6 Å². The molecule has 0 aromatic carbocycles. The number of carbonyl (C=O) groups excluding carboxylic acids is 1. The van der Waals surface area contributed by atoms with Gasteiger partial charge in [0.2, 0.25) is 5.88 Å². The van der Waals surface area contributed by atoms with Crippen LogP contribution in [0.4, 0.5) is 5.69 Å². The molecule has 0 bridgehead atoms. The van der Waals surface area contributed by atoms with E-state index in [2.05, 4.69) is 20.6 Å². The summed E-state index contributed by atoms with van der Waals surface area (Å²) in [6, 6.07) is 5.29. The third kappa shape index (κ3) is 3.23. The highest BCUT2D eigenvalue weighted by molar-refractivity contribution is 5.99. The highest BCUT2D eigenvalue weighted by Gasteiger charge is 2.10. The fraction of sp³-hybridized carbons (Fsp3) is 0.214. The van der Waals surface area contributed by atoms with Gasteiger partial charge in [0, 0.05) is 32.1 Å². The normalized spacial score (nSPS) is 9.90. The van der Waals surface area contributed by atoms with Gasteiger partial charge in [-0.25, -0.2) is 4.98 Å². The van der Waals surface area contributed by atoms with Crippen LogP contribution in [0, 0.1) is 0 Å². The van der Waals surface area contributed by atoms with E-state index < -0.39 is 0 Å². The molecule has 0 aliphatic heterocycles. The van der Waals surface area contributed by atoms with Crippen LogP contribution in [0.2, 0.25) is 0 Å². The van der Waals surface area contributed by atoms with Gasteiger partial charge >= 0.3 is 0 Å². The van der Waals surface area contributed by atoms with Crippen LogP contribution < -0.4 is 15.4 Å². The van der Waals surface area contributed by atoms with Crippen LogP contribution in [0.1, 0.15) is 15.9 Å². The summed E-state index contributed by atoms with van der Waals surface area (Å²) >= 11 is 0. The number of ether oxygens (including phenoxy) is 1. The Labute approximate surface area is 117 Å². The molecule has 2 heterocycles. The highest BCUT2D eigenvalue weighted by atomic mass is 16.5. The Bertz CT molecular complexity index is 601. The zero-order valence-electron chi connectivity index (χ0n) is 11.4. The SMILES string of the molecule is CNc1cnccc1C(=O)NCc1ccnc(OC)c1. The lowest BCUT2D eigenvalue weighted by Gasteiger charge is -2.09. The Morgan fingerprint density at radius 3 is 2.95 bits per heavy atom. The number of carbonyl (C=O) groups is 1. The number of amides is 1. The highest BCUT2D eigenvalue weighted by Crippen LogP contribution is 2.13. The van der Waals surface area contributed by atoms with Gasteiger partial charge in [0.1, 0.15) is 0 Å². The Hall–Kier alpha value is -2.63. The molecule has 0 spiro atoms. The summed E-state index contributed by atoms with van der Waals surface area (Å²) in [5, 5.41) is 5.79. The molecule has 0 fully saturated rings. The molecule has 0 unspecified atom stereocenters. The van der Waals surface area contributed by atoms with E-state index in [0.717, 1.165) is 5.56 Å². The number of nitrogens with zero attached hydrogens (tertiary/aromatic N) is 2. The molecule has 0 aliphatic carbocycles. The zero-order chi connectivity index (χ0) is 14.4. The van der Waals surface area contributed by atoms with Crippen molar-refractivity contribution < 1.29 is 9.53 Å². The van der Waals surface area contributed by atoms with Gasteiger partial charge in [-0.1, -0.05) is 0 Å². The van der Waals surface area contributed by atoms with Gasteiger partial charge < -0.3 is 15.4 Å². The largest absolute Gasteiger partial charge is 0.481 e. The van der Waals surface area contributed by atoms with Gasteiger partial charge in [0.15, 0.2) is 0 Å². The van der Waals surface area contributed by atoms with Crippen molar-refractivity contribution in [2.45, 2.75) is 6.54 Å². The number of anilines is 1. The van der Waals surface area contributed by atoms with Gasteiger partial charge in [-0.2, -0.15) is 0 Å². The Morgan fingerprint density at radius 1 is 1.35 bits per heavy atom. The minimum Gasteiger partial charge on any atom is -0.481 e. The molecule has 6 nitrogen and oxygen atoms in total. The molecule has 1 amide bonds. The molecular weight excluding hydrogens is 256 g/mol. The van der Waals surface area contributed by atoms with Crippen LogP contribution in [-0.2, 0) is 6.54 Å². The van der Waals surface area contributed by atoms with Crippen LogP contribution in [0.25, 0.3) is 0 Å². The number of methoxy groups -OCH3 is 1. The second kappa shape index (κ2) is 6.51. The van der Waals surface area contributed by atoms with Gasteiger partial charge in [-0.3, -0.25) is 9.78 Å². The molecule has 0 atom stereocenters. The Balaban J connectivity index is 2.04. The van der Waals surface area contributed by atoms with Crippen molar-refractivity contribution in [1.29, 1.82) is 0 Å². The van der Waals surface area contributed by atoms with Crippen LogP contribution >= 0.6 is 0 Å². The van der Waals surface area contributed by atoms with Gasteiger partial charge in [-0.15, -0.1) is 0 Å². The van der Waals surface area contributed by atoms with Crippen molar-refractivity contribution in [2.24, 2.45) is 0 Å². The summed E-state index contributed by atoms with van der Waals surface area (Å²) in [4.78, 5) is 20.1. The summed E-state index contributed by atoms with van der Waals surface area (Å²) in [7, 11) is 3.31. The lowest BCUT2D eigenvalue weighted by Crippen LogP contribution is -2.23. The van der Waals surface area contributed by atoms with Gasteiger partial charge in [0.25, 0.3) is 5.91 Å². The first-order valence-corrected chi connectivity index (χ1v) is 6.13. The van der Waals surface area contributed by atoms with E-state index in [1.54, 1.807) is 44.9 Å². The molecule has 0 radical (unpaired) electrons. The van der Waals surface area contributed by atoms with E-state index >= 15 is 0 Å². The smallest absolute Gasteiger partial charge is 0.253 e.